The van der Waals surface area contributed by atoms with E-state index in [0.717, 1.165) is 31.3 Å². The Bertz CT molecular complexity index is 388. The highest BCUT2D eigenvalue weighted by Gasteiger charge is 2.33. The molecule has 1 aliphatic rings. The molecule has 1 aliphatic carbocycles. The Morgan fingerprint density at radius 2 is 1.79 bits per heavy atom. The van der Waals surface area contributed by atoms with E-state index in [4.69, 9.17) is 5.73 Å². The van der Waals surface area contributed by atoms with E-state index in [1.165, 1.54) is 0 Å². The van der Waals surface area contributed by atoms with Gasteiger partial charge >= 0.3 is 0 Å². The Balaban J connectivity index is 3.26. The minimum absolute atomic E-state index is 0.0267. The summed E-state index contributed by atoms with van der Waals surface area (Å²) in [6.07, 6.45) is 6.24. The summed E-state index contributed by atoms with van der Waals surface area (Å²) in [7, 11) is 0. The van der Waals surface area contributed by atoms with Gasteiger partial charge in [0.15, 0.2) is 0 Å². The molecule has 110 valence electrons. The maximum atomic E-state index is 10.4. The van der Waals surface area contributed by atoms with Gasteiger partial charge in [-0.3, -0.25) is 0 Å². The summed E-state index contributed by atoms with van der Waals surface area (Å²) in [5.41, 5.74) is 7.97. The summed E-state index contributed by atoms with van der Waals surface area (Å²) in [4.78, 5) is 0. The first-order valence-corrected chi connectivity index (χ1v) is 7.56. The lowest BCUT2D eigenvalue weighted by molar-refractivity contribution is 0.234. The van der Waals surface area contributed by atoms with Gasteiger partial charge in [0, 0.05) is 0 Å². The van der Waals surface area contributed by atoms with E-state index in [9.17, 15) is 5.11 Å². The number of aliphatic hydroxyl groups is 1. The molecule has 1 unspecified atom stereocenters. The fourth-order valence-electron chi connectivity index (χ4n) is 2.58. The zero-order valence-electron chi connectivity index (χ0n) is 13.5. The van der Waals surface area contributed by atoms with E-state index in [1.807, 2.05) is 0 Å². The maximum absolute atomic E-state index is 10.4. The number of aliphatic hydroxyl groups excluding tert-OH is 1. The Hall–Kier alpha value is -0.920. The third-order valence-electron chi connectivity index (χ3n) is 5.18. The molecule has 3 N–H and O–H groups in total. The monoisotopic (exact) mass is 265 g/mol. The molecule has 0 aliphatic heterocycles. The molecule has 0 fully saturated rings. The smallest absolute Gasteiger partial charge is 0.137 e. The first-order chi connectivity index (χ1) is 8.65. The van der Waals surface area contributed by atoms with Crippen LogP contribution < -0.4 is 5.73 Å². The van der Waals surface area contributed by atoms with Crippen LogP contribution in [-0.2, 0) is 0 Å². The van der Waals surface area contributed by atoms with Gasteiger partial charge < -0.3 is 10.8 Å². The van der Waals surface area contributed by atoms with Crippen LogP contribution in [0.2, 0.25) is 0 Å². The zero-order valence-corrected chi connectivity index (χ0v) is 13.5. The number of hydrogen-bond donors (Lipinski definition) is 2. The SMILES string of the molecule is CCC(C)(C)C1=CC(C(C)(C)CC)CCC(N)=C1O. The van der Waals surface area contributed by atoms with Gasteiger partial charge in [-0.15, -0.1) is 0 Å². The average Bonchev–Trinajstić information content (AvgIpc) is 2.51. The van der Waals surface area contributed by atoms with Crippen molar-refractivity contribution >= 4 is 0 Å². The van der Waals surface area contributed by atoms with Crippen molar-refractivity contribution in [1.29, 1.82) is 0 Å². The molecule has 1 atom stereocenters. The Labute approximate surface area is 118 Å². The van der Waals surface area contributed by atoms with Crippen LogP contribution in [0.1, 0.15) is 67.2 Å². The molecule has 0 aromatic carbocycles. The summed E-state index contributed by atoms with van der Waals surface area (Å²) in [5, 5.41) is 10.4. The maximum Gasteiger partial charge on any atom is 0.137 e. The number of allylic oxidation sites excluding steroid dienone is 3. The van der Waals surface area contributed by atoms with Crippen molar-refractivity contribution in [2.75, 3.05) is 0 Å². The van der Waals surface area contributed by atoms with E-state index >= 15 is 0 Å². The van der Waals surface area contributed by atoms with Gasteiger partial charge in [0.2, 0.25) is 0 Å². The molecule has 0 aromatic rings. The lowest BCUT2D eigenvalue weighted by atomic mass is 9.72. The molecule has 0 saturated carbocycles. The third-order valence-corrected chi connectivity index (χ3v) is 5.18. The number of hydrogen-bond acceptors (Lipinski definition) is 2. The van der Waals surface area contributed by atoms with Crippen molar-refractivity contribution in [1.82, 2.24) is 0 Å². The minimum atomic E-state index is -0.0267. The summed E-state index contributed by atoms with van der Waals surface area (Å²) < 4.78 is 0. The second kappa shape index (κ2) is 5.60. The highest BCUT2D eigenvalue weighted by atomic mass is 16.3. The van der Waals surface area contributed by atoms with E-state index in [-0.39, 0.29) is 10.8 Å². The van der Waals surface area contributed by atoms with Gasteiger partial charge in [0.05, 0.1) is 5.70 Å². The van der Waals surface area contributed by atoms with Crippen molar-refractivity contribution in [3.63, 3.8) is 0 Å². The topological polar surface area (TPSA) is 46.2 Å². The quantitative estimate of drug-likeness (QED) is 0.757. The van der Waals surface area contributed by atoms with Crippen LogP contribution in [0.3, 0.4) is 0 Å². The van der Waals surface area contributed by atoms with Crippen LogP contribution in [0.15, 0.2) is 23.1 Å². The van der Waals surface area contributed by atoms with Crippen molar-refractivity contribution in [2.24, 2.45) is 22.5 Å². The summed E-state index contributed by atoms with van der Waals surface area (Å²) in [6, 6.07) is 0. The molecule has 1 rings (SSSR count). The van der Waals surface area contributed by atoms with Crippen LogP contribution in [0, 0.1) is 16.7 Å². The molecule has 0 aromatic heterocycles. The van der Waals surface area contributed by atoms with E-state index < -0.39 is 0 Å². The van der Waals surface area contributed by atoms with Gasteiger partial charge in [0.1, 0.15) is 5.76 Å². The molecule has 0 amide bonds. The lowest BCUT2D eigenvalue weighted by Crippen LogP contribution is -2.23. The molecule has 0 spiro atoms. The zero-order chi connectivity index (χ0) is 14.8. The second-order valence-corrected chi connectivity index (χ2v) is 7.18. The largest absolute Gasteiger partial charge is 0.506 e. The van der Waals surface area contributed by atoms with Gasteiger partial charge in [-0.25, -0.2) is 0 Å². The first kappa shape index (κ1) is 16.1. The van der Waals surface area contributed by atoms with Crippen molar-refractivity contribution in [3.8, 4) is 0 Å². The normalized spacial score (nSPS) is 22.2. The van der Waals surface area contributed by atoms with Crippen LogP contribution in [-0.4, -0.2) is 5.11 Å². The average molecular weight is 265 g/mol. The third kappa shape index (κ3) is 3.34. The number of nitrogens with two attached hydrogens (primary N) is 1. The van der Waals surface area contributed by atoms with E-state index in [0.29, 0.717) is 17.4 Å². The number of rotatable bonds is 4. The molecule has 19 heavy (non-hydrogen) atoms. The summed E-state index contributed by atoms with van der Waals surface area (Å²) in [5.74, 6) is 0.808. The summed E-state index contributed by atoms with van der Waals surface area (Å²) >= 11 is 0. The molecule has 2 nitrogen and oxygen atoms in total. The van der Waals surface area contributed by atoms with Crippen LogP contribution >= 0.6 is 0 Å². The van der Waals surface area contributed by atoms with Crippen LogP contribution in [0.4, 0.5) is 0 Å². The van der Waals surface area contributed by atoms with Crippen molar-refractivity contribution in [3.05, 3.63) is 23.1 Å². The Kier molecular flexibility index (Phi) is 4.76. The van der Waals surface area contributed by atoms with Gasteiger partial charge in [-0.1, -0.05) is 54.0 Å². The highest BCUT2D eigenvalue weighted by Crippen LogP contribution is 2.43. The van der Waals surface area contributed by atoms with Gasteiger partial charge in [-0.2, -0.15) is 0 Å². The highest BCUT2D eigenvalue weighted by molar-refractivity contribution is 5.36. The fraction of sp³-hybridized carbons (Fsp3) is 0.765. The minimum Gasteiger partial charge on any atom is -0.506 e. The molecular formula is C17H31NO. The fourth-order valence-corrected chi connectivity index (χ4v) is 2.58. The molecule has 0 saturated heterocycles. The Morgan fingerprint density at radius 1 is 1.21 bits per heavy atom. The van der Waals surface area contributed by atoms with Crippen LogP contribution in [0.5, 0.6) is 0 Å². The lowest BCUT2D eigenvalue weighted by Gasteiger charge is -2.33. The summed E-state index contributed by atoms with van der Waals surface area (Å²) in [6.45, 7) is 13.4. The van der Waals surface area contributed by atoms with Gasteiger partial charge in [0.25, 0.3) is 0 Å². The molecule has 2 heteroatoms. The van der Waals surface area contributed by atoms with E-state index in [1.54, 1.807) is 0 Å². The Morgan fingerprint density at radius 3 is 2.26 bits per heavy atom. The predicted molar refractivity (Wildman–Crippen MR) is 82.8 cm³/mol. The van der Waals surface area contributed by atoms with Crippen molar-refractivity contribution < 1.29 is 5.11 Å². The second-order valence-electron chi connectivity index (χ2n) is 7.18. The van der Waals surface area contributed by atoms with Gasteiger partial charge in [-0.05, 0) is 41.6 Å². The molecule has 0 bridgehead atoms. The predicted octanol–water partition coefficient (Wildman–Crippen LogP) is 4.92. The molecule has 0 heterocycles. The standard InChI is InChI=1S/C17H31NO/c1-7-16(3,4)12-9-10-14(18)15(19)13(11-12)17(5,6)8-2/h11-12,19H,7-10,18H2,1-6H3. The first-order valence-electron chi connectivity index (χ1n) is 7.56. The molecular weight excluding hydrogens is 234 g/mol. The van der Waals surface area contributed by atoms with E-state index in [2.05, 4.69) is 47.6 Å². The van der Waals surface area contributed by atoms with Crippen molar-refractivity contribution in [2.45, 2.75) is 67.2 Å². The molecule has 0 radical (unpaired) electrons. The van der Waals surface area contributed by atoms with Crippen LogP contribution in [0.25, 0.3) is 0 Å².